The number of hydrogen-bond acceptors (Lipinski definition) is 9. The molecule has 0 saturated carbocycles. The van der Waals surface area contributed by atoms with Crippen LogP contribution < -0.4 is 9.64 Å². The second-order valence-corrected chi connectivity index (χ2v) is 9.01. The van der Waals surface area contributed by atoms with Gasteiger partial charge in [0.05, 0.1) is 6.54 Å². The fourth-order valence-corrected chi connectivity index (χ4v) is 4.13. The number of piperazine rings is 1. The molecule has 1 saturated heterocycles. The lowest BCUT2D eigenvalue weighted by atomic mass is 10.2. The van der Waals surface area contributed by atoms with Gasteiger partial charge in [-0.1, -0.05) is 5.16 Å². The number of anilines is 1. The fraction of sp³-hybridized carbons (Fsp3) is 0.360. The van der Waals surface area contributed by atoms with E-state index >= 15 is 0 Å². The number of amides is 1. The Hall–Kier alpha value is -4.42. The summed E-state index contributed by atoms with van der Waals surface area (Å²) in [6, 6.07) is 9.87. The minimum atomic E-state index is -3.27. The molecule has 38 heavy (non-hydrogen) atoms. The summed E-state index contributed by atoms with van der Waals surface area (Å²) >= 11 is 0. The number of pyridine rings is 1. The van der Waals surface area contributed by atoms with Crippen LogP contribution in [0.4, 0.5) is 14.6 Å². The van der Waals surface area contributed by atoms with Crippen molar-refractivity contribution in [2.24, 2.45) is 0 Å². The van der Waals surface area contributed by atoms with Crippen LogP contribution in [-0.4, -0.2) is 73.0 Å². The van der Waals surface area contributed by atoms with Crippen LogP contribution in [0.3, 0.4) is 0 Å². The molecule has 1 fully saturated rings. The Morgan fingerprint density at radius 3 is 2.50 bits per heavy atom. The SMILES string of the molecule is CC(=O)N1CCN(c2cc(Cn3nc(-c4nc(-c5ccc(OC(C)(F)F)cc5)no4)nc3C)ccn2)CC1. The van der Waals surface area contributed by atoms with Crippen LogP contribution in [0, 0.1) is 6.92 Å². The van der Waals surface area contributed by atoms with Crippen LogP contribution in [0.5, 0.6) is 5.75 Å². The lowest BCUT2D eigenvalue weighted by Crippen LogP contribution is -2.48. The normalized spacial score (nSPS) is 14.1. The molecule has 198 valence electrons. The smallest absolute Gasteiger partial charge is 0.394 e. The molecule has 4 aromatic rings. The van der Waals surface area contributed by atoms with Crippen LogP contribution in [-0.2, 0) is 11.3 Å². The van der Waals surface area contributed by atoms with E-state index < -0.39 is 6.11 Å². The van der Waals surface area contributed by atoms with Crippen molar-refractivity contribution in [3.05, 3.63) is 54.0 Å². The first-order valence-electron chi connectivity index (χ1n) is 12.0. The summed E-state index contributed by atoms with van der Waals surface area (Å²) in [5.74, 6) is 2.32. The zero-order valence-electron chi connectivity index (χ0n) is 21.1. The number of halogens is 2. The summed E-state index contributed by atoms with van der Waals surface area (Å²) < 4.78 is 37.7. The van der Waals surface area contributed by atoms with Crippen molar-refractivity contribution in [3.63, 3.8) is 0 Å². The van der Waals surface area contributed by atoms with Gasteiger partial charge in [0.2, 0.25) is 17.6 Å². The Labute approximate surface area is 217 Å². The Balaban J connectivity index is 1.27. The van der Waals surface area contributed by atoms with E-state index in [0.717, 1.165) is 24.5 Å². The number of alkyl halides is 2. The molecule has 1 aliphatic rings. The number of aryl methyl sites for hydroxylation is 1. The van der Waals surface area contributed by atoms with Crippen LogP contribution in [0.2, 0.25) is 0 Å². The third kappa shape index (κ3) is 5.76. The van der Waals surface area contributed by atoms with Crippen molar-refractivity contribution in [2.75, 3.05) is 31.1 Å². The quantitative estimate of drug-likeness (QED) is 0.359. The summed E-state index contributed by atoms with van der Waals surface area (Å²) in [6.07, 6.45) is -1.51. The van der Waals surface area contributed by atoms with Crippen molar-refractivity contribution in [3.8, 4) is 28.9 Å². The first-order valence-corrected chi connectivity index (χ1v) is 12.0. The van der Waals surface area contributed by atoms with E-state index in [0.29, 0.717) is 37.9 Å². The number of benzene rings is 1. The molecular weight excluding hydrogens is 498 g/mol. The standard InChI is InChI=1S/C25H26F2N8O3/c1-16-29-23(24-30-22(32-38-24)19-4-6-20(7-5-19)37-25(3,26)27)31-35(16)15-18-8-9-28-21(14-18)34-12-10-33(11-13-34)17(2)36/h4-9,14H,10-13,15H2,1-3H3. The average Bonchev–Trinajstić information content (AvgIpc) is 3.51. The molecule has 1 aromatic carbocycles. The number of hydrogen-bond donors (Lipinski definition) is 0. The Morgan fingerprint density at radius 2 is 1.82 bits per heavy atom. The maximum atomic E-state index is 13.0. The lowest BCUT2D eigenvalue weighted by molar-refractivity contribution is -0.158. The number of nitrogens with zero attached hydrogens (tertiary/aromatic N) is 8. The van der Waals surface area contributed by atoms with Gasteiger partial charge in [0.15, 0.2) is 0 Å². The number of aromatic nitrogens is 6. The number of ether oxygens (including phenoxy) is 1. The maximum Gasteiger partial charge on any atom is 0.394 e. The third-order valence-corrected chi connectivity index (χ3v) is 6.07. The first kappa shape index (κ1) is 25.2. The van der Waals surface area contributed by atoms with E-state index in [9.17, 15) is 13.6 Å². The summed E-state index contributed by atoms with van der Waals surface area (Å²) in [6.45, 7) is 7.35. The molecule has 0 aliphatic carbocycles. The first-order chi connectivity index (χ1) is 18.1. The van der Waals surface area contributed by atoms with Crippen molar-refractivity contribution in [1.82, 2.24) is 34.8 Å². The van der Waals surface area contributed by atoms with Crippen LogP contribution in [0.1, 0.15) is 25.2 Å². The number of carbonyl (C=O) groups is 1. The van der Waals surface area contributed by atoms with E-state index in [-0.39, 0.29) is 29.2 Å². The van der Waals surface area contributed by atoms with Crippen molar-refractivity contribution in [1.29, 1.82) is 0 Å². The van der Waals surface area contributed by atoms with Gasteiger partial charge in [-0.25, -0.2) is 14.6 Å². The summed E-state index contributed by atoms with van der Waals surface area (Å²) in [4.78, 5) is 28.9. The molecule has 1 aliphatic heterocycles. The van der Waals surface area contributed by atoms with Crippen LogP contribution in [0.15, 0.2) is 47.1 Å². The second kappa shape index (κ2) is 10.1. The summed E-state index contributed by atoms with van der Waals surface area (Å²) in [5, 5.41) is 8.50. The van der Waals surface area contributed by atoms with Crippen molar-refractivity contribution in [2.45, 2.75) is 33.4 Å². The van der Waals surface area contributed by atoms with Gasteiger partial charge >= 0.3 is 6.11 Å². The highest BCUT2D eigenvalue weighted by Crippen LogP contribution is 2.26. The zero-order chi connectivity index (χ0) is 26.9. The van der Waals surface area contributed by atoms with E-state index in [1.807, 2.05) is 24.0 Å². The Kier molecular flexibility index (Phi) is 6.74. The molecule has 0 atom stereocenters. The highest BCUT2D eigenvalue weighted by atomic mass is 19.3. The van der Waals surface area contributed by atoms with Gasteiger partial charge in [0, 0.05) is 51.8 Å². The molecule has 3 aromatic heterocycles. The minimum Gasteiger partial charge on any atom is -0.433 e. The molecule has 5 rings (SSSR count). The molecule has 0 unspecified atom stereocenters. The molecule has 0 bridgehead atoms. The largest absolute Gasteiger partial charge is 0.433 e. The second-order valence-electron chi connectivity index (χ2n) is 9.01. The highest BCUT2D eigenvalue weighted by molar-refractivity contribution is 5.73. The molecule has 0 N–H and O–H groups in total. The lowest BCUT2D eigenvalue weighted by Gasteiger charge is -2.35. The van der Waals surface area contributed by atoms with Gasteiger partial charge in [-0.2, -0.15) is 13.8 Å². The maximum absolute atomic E-state index is 13.0. The Bertz CT molecular complexity index is 1420. The van der Waals surface area contributed by atoms with Gasteiger partial charge in [-0.05, 0) is 48.9 Å². The monoisotopic (exact) mass is 524 g/mol. The van der Waals surface area contributed by atoms with Gasteiger partial charge in [-0.15, -0.1) is 5.10 Å². The number of carbonyl (C=O) groups excluding carboxylic acids is 1. The molecule has 0 spiro atoms. The zero-order valence-corrected chi connectivity index (χ0v) is 21.1. The van der Waals surface area contributed by atoms with Gasteiger partial charge in [0.25, 0.3) is 5.89 Å². The van der Waals surface area contributed by atoms with Crippen LogP contribution >= 0.6 is 0 Å². The predicted molar refractivity (Wildman–Crippen MR) is 133 cm³/mol. The molecule has 13 heteroatoms. The number of rotatable bonds is 7. The van der Waals surface area contributed by atoms with Crippen molar-refractivity contribution >= 4 is 11.7 Å². The van der Waals surface area contributed by atoms with Crippen LogP contribution in [0.25, 0.3) is 23.1 Å². The third-order valence-electron chi connectivity index (χ3n) is 6.07. The molecule has 0 radical (unpaired) electrons. The summed E-state index contributed by atoms with van der Waals surface area (Å²) in [5.41, 5.74) is 1.56. The van der Waals surface area contributed by atoms with Gasteiger partial charge < -0.3 is 19.1 Å². The predicted octanol–water partition coefficient (Wildman–Crippen LogP) is 3.41. The van der Waals surface area contributed by atoms with E-state index in [1.54, 1.807) is 29.9 Å². The van der Waals surface area contributed by atoms with Gasteiger partial charge in [0.1, 0.15) is 17.4 Å². The minimum absolute atomic E-state index is 0.0265. The molecule has 4 heterocycles. The van der Waals surface area contributed by atoms with Crippen molar-refractivity contribution < 1.29 is 22.8 Å². The van der Waals surface area contributed by atoms with Gasteiger partial charge in [-0.3, -0.25) is 4.79 Å². The van der Waals surface area contributed by atoms with E-state index in [1.165, 1.54) is 12.1 Å². The molecule has 11 nitrogen and oxygen atoms in total. The topological polar surface area (TPSA) is 115 Å². The van der Waals surface area contributed by atoms with E-state index in [4.69, 9.17) is 4.52 Å². The summed E-state index contributed by atoms with van der Waals surface area (Å²) in [7, 11) is 0. The average molecular weight is 525 g/mol. The Morgan fingerprint density at radius 1 is 1.08 bits per heavy atom. The fourth-order valence-electron chi connectivity index (χ4n) is 4.13. The molecule has 1 amide bonds. The molecular formula is C25H26F2N8O3. The van der Waals surface area contributed by atoms with E-state index in [2.05, 4.69) is 34.8 Å². The highest BCUT2D eigenvalue weighted by Gasteiger charge is 2.24.